The Morgan fingerprint density at radius 2 is 1.30 bits per heavy atom. The van der Waals surface area contributed by atoms with Gasteiger partial charge < -0.3 is 37.0 Å². The van der Waals surface area contributed by atoms with E-state index in [1.807, 2.05) is 62.3 Å². The van der Waals surface area contributed by atoms with Crippen molar-refractivity contribution in [1.82, 2.24) is 31.9 Å². The molecule has 0 rings (SSSR count). The van der Waals surface area contributed by atoms with Crippen molar-refractivity contribution in [2.24, 2.45) is 17.8 Å². The largest absolute Gasteiger partial charge is 0.481 e. The van der Waals surface area contributed by atoms with E-state index in [-0.39, 0.29) is 60.8 Å². The summed E-state index contributed by atoms with van der Waals surface area (Å²) in [6, 6.07) is -3.29. The van der Waals surface area contributed by atoms with Gasteiger partial charge in [-0.1, -0.05) is 68.2 Å². The minimum Gasteiger partial charge on any atom is -0.481 e. The smallest absolute Gasteiger partial charge is 0.303 e. The van der Waals surface area contributed by atoms with Crippen LogP contribution in [-0.2, 0) is 28.8 Å². The van der Waals surface area contributed by atoms with Gasteiger partial charge in [0.1, 0.15) is 18.1 Å². The van der Waals surface area contributed by atoms with Gasteiger partial charge in [0.15, 0.2) is 0 Å². The molecule has 0 heterocycles. The maximum absolute atomic E-state index is 13.5. The first-order valence-electron chi connectivity index (χ1n) is 17.0. The van der Waals surface area contributed by atoms with Gasteiger partial charge in [-0.15, -0.1) is 0 Å². The van der Waals surface area contributed by atoms with E-state index in [4.69, 9.17) is 5.11 Å². The van der Waals surface area contributed by atoms with Crippen molar-refractivity contribution in [2.45, 2.75) is 144 Å². The molecule has 0 aliphatic heterocycles. The molecule has 0 aliphatic rings. The predicted molar refractivity (Wildman–Crippen MR) is 179 cm³/mol. The molecule has 0 aromatic carbocycles. The molecular weight excluding hydrogens is 592 g/mol. The average Bonchev–Trinajstić information content (AvgIpc) is 2.97. The van der Waals surface area contributed by atoms with Crippen LogP contribution < -0.4 is 31.9 Å². The van der Waals surface area contributed by atoms with Crippen LogP contribution >= 0.6 is 0 Å². The van der Waals surface area contributed by atoms with Crippen LogP contribution in [0.2, 0.25) is 0 Å². The second kappa shape index (κ2) is 23.2. The molecule has 13 heteroatoms. The number of carbonyl (C=O) groups excluding carboxylic acids is 5. The maximum Gasteiger partial charge on any atom is 0.303 e. The number of aliphatic carboxylic acids is 1. The lowest BCUT2D eigenvalue weighted by atomic mass is 9.97. The fourth-order valence-electron chi connectivity index (χ4n) is 5.01. The summed E-state index contributed by atoms with van der Waals surface area (Å²) in [4.78, 5) is 75.8. The monoisotopic (exact) mass is 654 g/mol. The van der Waals surface area contributed by atoms with Gasteiger partial charge in [-0.3, -0.25) is 28.8 Å². The summed E-state index contributed by atoms with van der Waals surface area (Å²) < 4.78 is 0. The topological polar surface area (TPSA) is 195 Å². The zero-order valence-electron chi connectivity index (χ0n) is 29.6. The molecule has 0 aromatic heterocycles. The zero-order chi connectivity index (χ0) is 35.4. The third-order valence-electron chi connectivity index (χ3n) is 7.85. The van der Waals surface area contributed by atoms with Crippen LogP contribution in [0.5, 0.6) is 0 Å². The molecule has 0 radical (unpaired) electrons. The highest BCUT2D eigenvalue weighted by atomic mass is 16.4. The number of amides is 5. The molecule has 7 N–H and O–H groups in total. The molecule has 0 bridgehead atoms. The second-order valence-corrected chi connectivity index (χ2v) is 12.9. The first-order chi connectivity index (χ1) is 21.6. The van der Waals surface area contributed by atoms with Crippen molar-refractivity contribution >= 4 is 35.5 Å². The standard InChI is InChI=1S/C33H62N6O7/c1-10-15-25(37-33(46)29(22(9)11-2)38-26(40)16-14-17-27(41)42)31(44)36-23(18-20(5)6)19-35-24(12-3)30(43)39-28(21(7)8)32(45)34-13-4/h20-25,28-29,35H,10-19H2,1-9H3,(H,34,45)(H,36,44)(H,37,46)(H,38,40)(H,39,43)(H,41,42)/t22?,23-,24-,25-,28-,29-/m0/s1. The molecule has 0 aliphatic carbocycles. The van der Waals surface area contributed by atoms with E-state index in [1.165, 1.54) is 0 Å². The summed E-state index contributed by atoms with van der Waals surface area (Å²) in [5, 5.41) is 26.4. The lowest BCUT2D eigenvalue weighted by molar-refractivity contribution is -0.137. The number of likely N-dealkylation sites (N-methyl/N-ethyl adjacent to an activating group) is 1. The second-order valence-electron chi connectivity index (χ2n) is 12.9. The molecule has 266 valence electrons. The molecule has 0 saturated heterocycles. The fraction of sp³-hybridized carbons (Fsp3) is 0.818. The van der Waals surface area contributed by atoms with Gasteiger partial charge in [0, 0.05) is 32.0 Å². The molecule has 0 fully saturated rings. The van der Waals surface area contributed by atoms with Crippen LogP contribution in [0.1, 0.15) is 114 Å². The Hall–Kier alpha value is -3.22. The Morgan fingerprint density at radius 3 is 1.80 bits per heavy atom. The fourth-order valence-corrected chi connectivity index (χ4v) is 5.01. The molecule has 46 heavy (non-hydrogen) atoms. The first-order valence-corrected chi connectivity index (χ1v) is 17.0. The first kappa shape index (κ1) is 42.8. The number of hydrogen-bond donors (Lipinski definition) is 7. The Morgan fingerprint density at radius 1 is 0.674 bits per heavy atom. The molecular formula is C33H62N6O7. The van der Waals surface area contributed by atoms with Crippen LogP contribution in [0.4, 0.5) is 0 Å². The summed E-state index contributed by atoms with van der Waals surface area (Å²) in [6.07, 6.45) is 2.72. The van der Waals surface area contributed by atoms with Crippen LogP contribution in [-0.4, -0.2) is 83.9 Å². The van der Waals surface area contributed by atoms with Crippen LogP contribution in [0.15, 0.2) is 0 Å². The van der Waals surface area contributed by atoms with Gasteiger partial charge in [0.25, 0.3) is 0 Å². The molecule has 6 atom stereocenters. The lowest BCUT2D eigenvalue weighted by Crippen LogP contribution is -2.58. The van der Waals surface area contributed by atoms with E-state index in [0.717, 1.165) is 0 Å². The highest BCUT2D eigenvalue weighted by molar-refractivity contribution is 5.92. The normalized spacial score (nSPS) is 15.2. The van der Waals surface area contributed by atoms with E-state index in [1.54, 1.807) is 0 Å². The van der Waals surface area contributed by atoms with Crippen molar-refractivity contribution in [3.63, 3.8) is 0 Å². The summed E-state index contributed by atoms with van der Waals surface area (Å²) in [5.74, 6) is -2.84. The summed E-state index contributed by atoms with van der Waals surface area (Å²) in [6.45, 7) is 17.9. The summed E-state index contributed by atoms with van der Waals surface area (Å²) in [5.41, 5.74) is 0. The number of hydrogen-bond acceptors (Lipinski definition) is 7. The van der Waals surface area contributed by atoms with Gasteiger partial charge >= 0.3 is 5.97 Å². The summed E-state index contributed by atoms with van der Waals surface area (Å²) >= 11 is 0. The third-order valence-corrected chi connectivity index (χ3v) is 7.85. The molecule has 13 nitrogen and oxygen atoms in total. The van der Waals surface area contributed by atoms with E-state index >= 15 is 0 Å². The van der Waals surface area contributed by atoms with Crippen molar-refractivity contribution in [1.29, 1.82) is 0 Å². The molecule has 0 saturated carbocycles. The minimum atomic E-state index is -0.992. The number of carboxylic acids is 1. The average molecular weight is 655 g/mol. The highest BCUT2D eigenvalue weighted by Gasteiger charge is 2.31. The highest BCUT2D eigenvalue weighted by Crippen LogP contribution is 2.12. The number of carbonyl (C=O) groups is 6. The number of nitrogens with one attached hydrogen (secondary N) is 6. The third kappa shape index (κ3) is 16.9. The van der Waals surface area contributed by atoms with Crippen LogP contribution in [0.3, 0.4) is 0 Å². The Balaban J connectivity index is 5.62. The van der Waals surface area contributed by atoms with Crippen molar-refractivity contribution in [3.05, 3.63) is 0 Å². The quantitative estimate of drug-likeness (QED) is 0.0823. The zero-order valence-corrected chi connectivity index (χ0v) is 29.6. The Bertz CT molecular complexity index is 974. The van der Waals surface area contributed by atoms with Gasteiger partial charge in [0.05, 0.1) is 6.04 Å². The summed E-state index contributed by atoms with van der Waals surface area (Å²) in [7, 11) is 0. The molecule has 0 spiro atoms. The van der Waals surface area contributed by atoms with Gasteiger partial charge in [-0.05, 0) is 50.4 Å². The van der Waals surface area contributed by atoms with E-state index in [9.17, 15) is 28.8 Å². The molecule has 0 aromatic rings. The number of carboxylic acid groups (broad SMARTS) is 1. The van der Waals surface area contributed by atoms with E-state index in [0.29, 0.717) is 45.2 Å². The molecule has 5 amide bonds. The van der Waals surface area contributed by atoms with Crippen molar-refractivity contribution in [2.75, 3.05) is 13.1 Å². The maximum atomic E-state index is 13.5. The van der Waals surface area contributed by atoms with Gasteiger partial charge in [0.2, 0.25) is 29.5 Å². The van der Waals surface area contributed by atoms with E-state index in [2.05, 4.69) is 31.9 Å². The van der Waals surface area contributed by atoms with Crippen LogP contribution in [0, 0.1) is 17.8 Å². The minimum absolute atomic E-state index is 0.0177. The molecule has 1 unspecified atom stereocenters. The van der Waals surface area contributed by atoms with E-state index < -0.39 is 42.0 Å². The Labute approximate surface area is 275 Å². The van der Waals surface area contributed by atoms with Gasteiger partial charge in [-0.25, -0.2) is 0 Å². The Kier molecular flexibility index (Phi) is 21.5. The van der Waals surface area contributed by atoms with Crippen molar-refractivity contribution in [3.8, 4) is 0 Å². The van der Waals surface area contributed by atoms with Crippen LogP contribution in [0.25, 0.3) is 0 Å². The SMILES string of the molecule is CCC[C@H](NC(=O)[C@@H](NC(=O)CCCC(=O)O)C(C)CC)C(=O)N[C@H](CN[C@@H](CC)C(=O)N[C@H](C(=O)NCC)C(C)C)CC(C)C. The predicted octanol–water partition coefficient (Wildman–Crippen LogP) is 2.23. The van der Waals surface area contributed by atoms with Crippen molar-refractivity contribution < 1.29 is 33.9 Å². The lowest BCUT2D eigenvalue weighted by Gasteiger charge is -2.29. The number of rotatable bonds is 24. The van der Waals surface area contributed by atoms with Gasteiger partial charge in [-0.2, -0.15) is 0 Å².